The maximum absolute atomic E-state index is 12.7. The molecular weight excluding hydrogens is 430 g/mol. The van der Waals surface area contributed by atoms with Crippen LogP contribution in [0.15, 0.2) is 48.5 Å². The van der Waals surface area contributed by atoms with Crippen LogP contribution in [0.3, 0.4) is 0 Å². The van der Waals surface area contributed by atoms with Crippen molar-refractivity contribution in [2.45, 2.75) is 32.7 Å². The third kappa shape index (κ3) is 4.68. The van der Waals surface area contributed by atoms with Crippen molar-refractivity contribution in [3.63, 3.8) is 0 Å². The summed E-state index contributed by atoms with van der Waals surface area (Å²) in [5.74, 6) is 1.68. The van der Waals surface area contributed by atoms with Gasteiger partial charge in [0.15, 0.2) is 11.5 Å². The van der Waals surface area contributed by atoms with E-state index >= 15 is 0 Å². The highest BCUT2D eigenvalue weighted by Crippen LogP contribution is 2.30. The lowest BCUT2D eigenvalue weighted by Gasteiger charge is -2.14. The lowest BCUT2D eigenvalue weighted by atomic mass is 9.98. The number of carbonyl (C=O) groups excluding carboxylic acids is 1. The van der Waals surface area contributed by atoms with Crippen LogP contribution < -0.4 is 4.90 Å². The fraction of sp³-hybridized carbons (Fsp3) is 0.320. The van der Waals surface area contributed by atoms with Gasteiger partial charge in [0, 0.05) is 32.6 Å². The maximum Gasteiger partial charge on any atom is 0.358 e. The molecule has 0 spiro atoms. The van der Waals surface area contributed by atoms with Gasteiger partial charge in [-0.05, 0) is 28.3 Å². The summed E-state index contributed by atoms with van der Waals surface area (Å²) >= 11 is 0. The molecule has 2 aromatic carbocycles. The third-order valence-corrected chi connectivity index (χ3v) is 5.70. The molecule has 0 fully saturated rings. The number of aromatic amines is 1. The van der Waals surface area contributed by atoms with Crippen molar-refractivity contribution in [1.29, 1.82) is 0 Å². The minimum atomic E-state index is -0.385. The third-order valence-electron chi connectivity index (χ3n) is 5.70. The number of benzene rings is 2. The number of anilines is 1. The fourth-order valence-electron chi connectivity index (χ4n) is 3.97. The van der Waals surface area contributed by atoms with E-state index in [1.165, 1.54) is 7.11 Å². The van der Waals surface area contributed by atoms with Crippen LogP contribution in [-0.2, 0) is 17.7 Å². The van der Waals surface area contributed by atoms with Crippen molar-refractivity contribution >= 4 is 11.8 Å². The summed E-state index contributed by atoms with van der Waals surface area (Å²) < 4.78 is 7.09. The van der Waals surface area contributed by atoms with E-state index in [0.717, 1.165) is 47.3 Å². The number of rotatable bonds is 9. The molecule has 1 N–H and O–H groups in total. The van der Waals surface area contributed by atoms with Crippen molar-refractivity contribution < 1.29 is 9.53 Å². The summed E-state index contributed by atoms with van der Waals surface area (Å²) in [6.07, 6.45) is 2.84. The van der Waals surface area contributed by atoms with Crippen molar-refractivity contribution in [1.82, 2.24) is 30.2 Å². The normalized spacial score (nSPS) is 10.9. The van der Waals surface area contributed by atoms with E-state index in [9.17, 15) is 4.79 Å². The number of imidazole rings is 1. The Hall–Kier alpha value is -4.01. The first kappa shape index (κ1) is 23.2. The Bertz CT molecular complexity index is 1250. The lowest BCUT2D eigenvalue weighted by molar-refractivity contribution is 0.0589. The van der Waals surface area contributed by atoms with Gasteiger partial charge < -0.3 is 14.2 Å². The second-order valence-electron chi connectivity index (χ2n) is 8.25. The van der Waals surface area contributed by atoms with E-state index in [4.69, 9.17) is 9.72 Å². The Morgan fingerprint density at radius 1 is 1.09 bits per heavy atom. The van der Waals surface area contributed by atoms with Gasteiger partial charge in [-0.1, -0.05) is 61.9 Å². The van der Waals surface area contributed by atoms with E-state index in [2.05, 4.69) is 51.8 Å². The van der Waals surface area contributed by atoms with Crippen LogP contribution in [0.4, 0.5) is 5.82 Å². The standard InChI is InChI=1S/C25H29N7O2/c1-5-6-11-21-26-24(31(2)3)22(25(33)34-4)32(21)16-17-12-14-18(15-13-17)19-9-7-8-10-20(19)23-27-29-30-28-23/h7-10,12-15H,5-6,11,16H2,1-4H3,(H,27,28,29,30). The largest absolute Gasteiger partial charge is 0.464 e. The zero-order chi connectivity index (χ0) is 24.1. The van der Waals surface area contributed by atoms with E-state index in [1.807, 2.05) is 47.8 Å². The molecule has 2 aromatic heterocycles. The van der Waals surface area contributed by atoms with Crippen LogP contribution in [0.2, 0.25) is 0 Å². The van der Waals surface area contributed by atoms with Crippen LogP contribution in [-0.4, -0.2) is 57.3 Å². The van der Waals surface area contributed by atoms with Gasteiger partial charge in [0.05, 0.1) is 7.11 Å². The molecule has 0 saturated heterocycles. The second-order valence-corrected chi connectivity index (χ2v) is 8.25. The van der Waals surface area contributed by atoms with Crippen molar-refractivity contribution in [2.24, 2.45) is 0 Å². The molecule has 0 atom stereocenters. The average Bonchev–Trinajstić information content (AvgIpc) is 3.51. The summed E-state index contributed by atoms with van der Waals surface area (Å²) in [5.41, 5.74) is 4.51. The molecule has 0 amide bonds. The zero-order valence-corrected chi connectivity index (χ0v) is 19.9. The molecule has 0 radical (unpaired) electrons. The molecule has 9 heteroatoms. The number of carbonyl (C=O) groups is 1. The van der Waals surface area contributed by atoms with Crippen LogP contribution in [0.5, 0.6) is 0 Å². The van der Waals surface area contributed by atoms with Gasteiger partial charge in [-0.15, -0.1) is 10.2 Å². The number of ether oxygens (including phenoxy) is 1. The summed E-state index contributed by atoms with van der Waals surface area (Å²) in [6, 6.07) is 16.2. The van der Waals surface area contributed by atoms with Gasteiger partial charge in [-0.3, -0.25) is 0 Å². The number of H-pyrrole nitrogens is 1. The number of nitrogens with one attached hydrogen (secondary N) is 1. The topological polar surface area (TPSA) is 102 Å². The average molecular weight is 460 g/mol. The quantitative estimate of drug-likeness (QED) is 0.378. The minimum absolute atomic E-state index is 0.385. The van der Waals surface area contributed by atoms with Crippen molar-refractivity contribution in [3.05, 3.63) is 65.6 Å². The van der Waals surface area contributed by atoms with E-state index in [1.54, 1.807) is 0 Å². The summed E-state index contributed by atoms with van der Waals surface area (Å²) in [5, 5.41) is 14.4. The number of tetrazole rings is 1. The number of unbranched alkanes of at least 4 members (excludes halogenated alkanes) is 1. The maximum atomic E-state index is 12.7. The Labute approximate surface area is 198 Å². The van der Waals surface area contributed by atoms with Crippen LogP contribution in [0.25, 0.3) is 22.5 Å². The molecule has 9 nitrogen and oxygen atoms in total. The number of hydrogen-bond acceptors (Lipinski definition) is 7. The molecule has 0 aliphatic carbocycles. The highest BCUT2D eigenvalue weighted by molar-refractivity contribution is 5.93. The van der Waals surface area contributed by atoms with Crippen LogP contribution >= 0.6 is 0 Å². The molecule has 4 aromatic rings. The molecule has 0 unspecified atom stereocenters. The molecule has 176 valence electrons. The molecule has 0 saturated carbocycles. The van der Waals surface area contributed by atoms with E-state index < -0.39 is 0 Å². The number of methoxy groups -OCH3 is 1. The van der Waals surface area contributed by atoms with Crippen LogP contribution in [0.1, 0.15) is 41.6 Å². The molecular formula is C25H29N7O2. The molecule has 0 aliphatic rings. The van der Waals surface area contributed by atoms with E-state index in [-0.39, 0.29) is 5.97 Å². The zero-order valence-electron chi connectivity index (χ0n) is 19.9. The number of hydrogen-bond donors (Lipinski definition) is 1. The summed E-state index contributed by atoms with van der Waals surface area (Å²) in [6.45, 7) is 2.67. The van der Waals surface area contributed by atoms with Crippen molar-refractivity contribution in [3.8, 4) is 22.5 Å². The van der Waals surface area contributed by atoms with E-state index in [0.29, 0.717) is 23.9 Å². The SMILES string of the molecule is CCCCc1nc(N(C)C)c(C(=O)OC)n1Cc1ccc(-c2ccccc2-c2nn[nH]n2)cc1. The van der Waals surface area contributed by atoms with Gasteiger partial charge in [0.2, 0.25) is 5.82 Å². The first-order valence-electron chi connectivity index (χ1n) is 11.3. The Kier molecular flexibility index (Phi) is 7.01. The molecule has 2 heterocycles. The second kappa shape index (κ2) is 10.3. The summed E-state index contributed by atoms with van der Waals surface area (Å²) in [4.78, 5) is 19.3. The summed E-state index contributed by atoms with van der Waals surface area (Å²) in [7, 11) is 5.18. The fourth-order valence-corrected chi connectivity index (χ4v) is 3.97. The van der Waals surface area contributed by atoms with Crippen molar-refractivity contribution in [2.75, 3.05) is 26.1 Å². The smallest absolute Gasteiger partial charge is 0.358 e. The number of aryl methyl sites for hydroxylation is 1. The predicted octanol–water partition coefficient (Wildman–Crippen LogP) is 3.97. The lowest BCUT2D eigenvalue weighted by Crippen LogP contribution is -2.18. The molecule has 0 bridgehead atoms. The Morgan fingerprint density at radius 3 is 2.44 bits per heavy atom. The van der Waals surface area contributed by atoms with Gasteiger partial charge in [-0.2, -0.15) is 5.21 Å². The molecule has 0 aliphatic heterocycles. The number of esters is 1. The first-order chi connectivity index (χ1) is 16.5. The highest BCUT2D eigenvalue weighted by atomic mass is 16.5. The monoisotopic (exact) mass is 459 g/mol. The molecule has 34 heavy (non-hydrogen) atoms. The van der Waals surface area contributed by atoms with Gasteiger partial charge in [0.25, 0.3) is 0 Å². The van der Waals surface area contributed by atoms with Crippen LogP contribution in [0, 0.1) is 0 Å². The highest BCUT2D eigenvalue weighted by Gasteiger charge is 2.25. The Morgan fingerprint density at radius 2 is 1.82 bits per heavy atom. The number of aromatic nitrogens is 6. The first-order valence-corrected chi connectivity index (χ1v) is 11.3. The van der Waals surface area contributed by atoms with Gasteiger partial charge in [-0.25, -0.2) is 9.78 Å². The van der Waals surface area contributed by atoms with Gasteiger partial charge in [0.1, 0.15) is 5.82 Å². The van der Waals surface area contributed by atoms with Gasteiger partial charge >= 0.3 is 5.97 Å². The molecule has 4 rings (SSSR count). The Balaban J connectivity index is 1.69. The minimum Gasteiger partial charge on any atom is -0.464 e. The predicted molar refractivity (Wildman–Crippen MR) is 131 cm³/mol. The number of nitrogens with zero attached hydrogens (tertiary/aromatic N) is 6.